The van der Waals surface area contributed by atoms with Crippen LogP contribution >= 0.6 is 0 Å². The Morgan fingerprint density at radius 3 is 2.06 bits per heavy atom. The number of hydrogen-bond acceptors (Lipinski definition) is 1. The molecule has 2 aliphatic rings. The summed E-state index contributed by atoms with van der Waals surface area (Å²) < 4.78 is 0. The van der Waals surface area contributed by atoms with Crippen LogP contribution in [0.4, 0.5) is 0 Å². The highest BCUT2D eigenvalue weighted by Crippen LogP contribution is 2.45. The molecule has 1 aromatic carbocycles. The second kappa shape index (κ2) is 4.72. The lowest BCUT2D eigenvalue weighted by atomic mass is 9.85. The monoisotopic (exact) mass is 230 g/mol. The molecule has 0 amide bonds. The minimum atomic E-state index is 0.557. The predicted molar refractivity (Wildman–Crippen MR) is 70.5 cm³/mol. The molecule has 1 aromatic rings. The van der Waals surface area contributed by atoms with E-state index in [9.17, 15) is 5.11 Å². The third kappa shape index (κ3) is 2.08. The standard InChI is InChI=1S/C16H22O/c17-15-11-5-10-14(12-6-1-2-7-12)16(15)13-8-3-4-9-13/h5,10-13,17H,1-4,6-9H2. The first-order valence-corrected chi connectivity index (χ1v) is 7.18. The highest BCUT2D eigenvalue weighted by molar-refractivity contribution is 5.44. The van der Waals surface area contributed by atoms with E-state index in [4.69, 9.17) is 0 Å². The summed E-state index contributed by atoms with van der Waals surface area (Å²) in [5.41, 5.74) is 2.77. The van der Waals surface area contributed by atoms with E-state index in [-0.39, 0.29) is 0 Å². The molecular formula is C16H22O. The second-order valence-electron chi connectivity index (χ2n) is 5.74. The van der Waals surface area contributed by atoms with Gasteiger partial charge in [0.25, 0.3) is 0 Å². The summed E-state index contributed by atoms with van der Waals surface area (Å²) in [5.74, 6) is 1.91. The molecule has 0 saturated heterocycles. The smallest absolute Gasteiger partial charge is 0.119 e. The van der Waals surface area contributed by atoms with Gasteiger partial charge >= 0.3 is 0 Å². The Balaban J connectivity index is 1.98. The molecule has 2 fully saturated rings. The normalized spacial score (nSPS) is 22.4. The van der Waals surface area contributed by atoms with E-state index in [2.05, 4.69) is 6.07 Å². The average molecular weight is 230 g/mol. The Kier molecular flexibility index (Phi) is 3.09. The Morgan fingerprint density at radius 2 is 1.41 bits per heavy atom. The maximum absolute atomic E-state index is 10.2. The third-order valence-electron chi connectivity index (χ3n) is 4.68. The van der Waals surface area contributed by atoms with E-state index in [0.717, 1.165) is 5.92 Å². The van der Waals surface area contributed by atoms with Gasteiger partial charge in [0.15, 0.2) is 0 Å². The average Bonchev–Trinajstić information content (AvgIpc) is 3.02. The van der Waals surface area contributed by atoms with Crippen LogP contribution in [0.1, 0.15) is 74.3 Å². The second-order valence-corrected chi connectivity index (χ2v) is 5.74. The van der Waals surface area contributed by atoms with Crippen molar-refractivity contribution in [3.8, 4) is 5.75 Å². The molecule has 0 bridgehead atoms. The summed E-state index contributed by atoms with van der Waals surface area (Å²) in [5, 5.41) is 10.2. The number of phenols is 1. The lowest BCUT2D eigenvalue weighted by Gasteiger charge is -2.21. The Bertz CT molecular complexity index is 385. The van der Waals surface area contributed by atoms with Crippen LogP contribution in [-0.4, -0.2) is 5.11 Å². The summed E-state index contributed by atoms with van der Waals surface area (Å²) in [6, 6.07) is 6.18. The molecule has 0 atom stereocenters. The third-order valence-corrected chi connectivity index (χ3v) is 4.68. The zero-order valence-electron chi connectivity index (χ0n) is 10.5. The fourth-order valence-corrected chi connectivity index (χ4v) is 3.82. The molecule has 17 heavy (non-hydrogen) atoms. The van der Waals surface area contributed by atoms with Crippen molar-refractivity contribution in [3.63, 3.8) is 0 Å². The Hall–Kier alpha value is -0.980. The largest absolute Gasteiger partial charge is 0.508 e. The first-order chi connectivity index (χ1) is 8.36. The summed E-state index contributed by atoms with van der Waals surface area (Å²) >= 11 is 0. The van der Waals surface area contributed by atoms with Crippen molar-refractivity contribution in [2.45, 2.75) is 63.2 Å². The molecule has 0 unspecified atom stereocenters. The van der Waals surface area contributed by atoms with E-state index < -0.39 is 0 Å². The fourth-order valence-electron chi connectivity index (χ4n) is 3.82. The number of hydrogen-bond donors (Lipinski definition) is 1. The maximum atomic E-state index is 10.2. The van der Waals surface area contributed by atoms with E-state index in [1.165, 1.54) is 62.5 Å². The molecule has 1 heteroatoms. The molecule has 1 nitrogen and oxygen atoms in total. The molecule has 3 rings (SSSR count). The van der Waals surface area contributed by atoms with Crippen LogP contribution in [0.5, 0.6) is 5.75 Å². The topological polar surface area (TPSA) is 20.2 Å². The molecule has 0 heterocycles. The van der Waals surface area contributed by atoms with Gasteiger partial charge in [-0.1, -0.05) is 37.8 Å². The van der Waals surface area contributed by atoms with E-state index in [1.54, 1.807) is 0 Å². The van der Waals surface area contributed by atoms with Gasteiger partial charge in [-0.05, 0) is 49.1 Å². The van der Waals surface area contributed by atoms with Crippen molar-refractivity contribution >= 4 is 0 Å². The first-order valence-electron chi connectivity index (χ1n) is 7.18. The Morgan fingerprint density at radius 1 is 0.824 bits per heavy atom. The lowest BCUT2D eigenvalue weighted by Crippen LogP contribution is -2.03. The van der Waals surface area contributed by atoms with Crippen LogP contribution in [0.3, 0.4) is 0 Å². The number of rotatable bonds is 2. The van der Waals surface area contributed by atoms with Crippen LogP contribution in [0, 0.1) is 0 Å². The van der Waals surface area contributed by atoms with Gasteiger partial charge in [0.2, 0.25) is 0 Å². The van der Waals surface area contributed by atoms with Gasteiger partial charge in [-0.2, -0.15) is 0 Å². The highest BCUT2D eigenvalue weighted by Gasteiger charge is 2.27. The van der Waals surface area contributed by atoms with Crippen LogP contribution in [-0.2, 0) is 0 Å². The van der Waals surface area contributed by atoms with E-state index >= 15 is 0 Å². The first kappa shape index (κ1) is 11.1. The minimum absolute atomic E-state index is 0.557. The molecule has 0 radical (unpaired) electrons. The van der Waals surface area contributed by atoms with E-state index in [0.29, 0.717) is 11.7 Å². The quantitative estimate of drug-likeness (QED) is 0.780. The minimum Gasteiger partial charge on any atom is -0.508 e. The fraction of sp³-hybridized carbons (Fsp3) is 0.625. The number of phenolic OH excluding ortho intramolecular Hbond substituents is 1. The van der Waals surface area contributed by atoms with Gasteiger partial charge in [-0.25, -0.2) is 0 Å². The summed E-state index contributed by atoms with van der Waals surface area (Å²) in [4.78, 5) is 0. The van der Waals surface area contributed by atoms with Crippen molar-refractivity contribution in [1.82, 2.24) is 0 Å². The summed E-state index contributed by atoms with van der Waals surface area (Å²) in [6.45, 7) is 0. The van der Waals surface area contributed by atoms with Crippen LogP contribution in [0.15, 0.2) is 18.2 Å². The van der Waals surface area contributed by atoms with Gasteiger partial charge in [-0.3, -0.25) is 0 Å². The van der Waals surface area contributed by atoms with Crippen LogP contribution in [0.25, 0.3) is 0 Å². The van der Waals surface area contributed by atoms with Crippen LogP contribution < -0.4 is 0 Å². The van der Waals surface area contributed by atoms with Gasteiger partial charge in [0, 0.05) is 5.56 Å². The van der Waals surface area contributed by atoms with Gasteiger partial charge in [-0.15, -0.1) is 0 Å². The zero-order valence-corrected chi connectivity index (χ0v) is 10.5. The zero-order chi connectivity index (χ0) is 11.7. The molecule has 0 aromatic heterocycles. The molecule has 92 valence electrons. The van der Waals surface area contributed by atoms with Crippen molar-refractivity contribution in [3.05, 3.63) is 29.3 Å². The van der Waals surface area contributed by atoms with Crippen molar-refractivity contribution in [2.75, 3.05) is 0 Å². The SMILES string of the molecule is Oc1cccc(C2CCCC2)c1C1CCCC1. The number of aromatic hydroxyl groups is 1. The molecule has 1 N–H and O–H groups in total. The summed E-state index contributed by atoms with van der Waals surface area (Å²) in [6.07, 6.45) is 10.6. The molecule has 0 spiro atoms. The highest BCUT2D eigenvalue weighted by atomic mass is 16.3. The maximum Gasteiger partial charge on any atom is 0.119 e. The van der Waals surface area contributed by atoms with E-state index in [1.807, 2.05) is 12.1 Å². The molecular weight excluding hydrogens is 208 g/mol. The van der Waals surface area contributed by atoms with Gasteiger partial charge < -0.3 is 5.11 Å². The van der Waals surface area contributed by atoms with Crippen LogP contribution in [0.2, 0.25) is 0 Å². The molecule has 2 aliphatic carbocycles. The molecule has 0 aliphatic heterocycles. The van der Waals surface area contributed by atoms with Gasteiger partial charge in [0.1, 0.15) is 5.75 Å². The van der Waals surface area contributed by atoms with Crippen molar-refractivity contribution in [2.24, 2.45) is 0 Å². The number of benzene rings is 1. The van der Waals surface area contributed by atoms with Gasteiger partial charge in [0.05, 0.1) is 0 Å². The lowest BCUT2D eigenvalue weighted by molar-refractivity contribution is 0.457. The predicted octanol–water partition coefficient (Wildman–Crippen LogP) is 4.71. The van der Waals surface area contributed by atoms with Crippen molar-refractivity contribution in [1.29, 1.82) is 0 Å². The molecule has 2 saturated carbocycles. The van der Waals surface area contributed by atoms with Crippen molar-refractivity contribution < 1.29 is 5.11 Å². The summed E-state index contributed by atoms with van der Waals surface area (Å²) in [7, 11) is 0. The Labute approximate surface area is 104 Å².